The van der Waals surface area contributed by atoms with Crippen LogP contribution in [0.1, 0.15) is 37.8 Å². The molecule has 4 aromatic rings. The van der Waals surface area contributed by atoms with Crippen molar-refractivity contribution >= 4 is 33.4 Å². The van der Waals surface area contributed by atoms with Crippen molar-refractivity contribution in [1.82, 2.24) is 14.5 Å². The predicted octanol–water partition coefficient (Wildman–Crippen LogP) is 4.57. The number of fused-ring (bicyclic) bond motifs is 2. The highest BCUT2D eigenvalue weighted by molar-refractivity contribution is 7.19. The largest absolute Gasteiger partial charge is 0.296 e. The Balaban J connectivity index is 1.44. The van der Waals surface area contributed by atoms with Crippen molar-refractivity contribution in [2.24, 2.45) is 0 Å². The number of benzene rings is 2. The van der Waals surface area contributed by atoms with Crippen LogP contribution in [-0.4, -0.2) is 32.8 Å². The van der Waals surface area contributed by atoms with E-state index in [0.717, 1.165) is 16.0 Å². The molecule has 6 nitrogen and oxygen atoms in total. The number of halogens is 1. The lowest BCUT2D eigenvalue weighted by molar-refractivity contribution is 0.0650. The van der Waals surface area contributed by atoms with Crippen molar-refractivity contribution in [3.63, 3.8) is 0 Å². The van der Waals surface area contributed by atoms with Crippen LogP contribution in [-0.2, 0) is 6.54 Å². The standard InChI is InChI=1S/C25H20FN3O3S/c1-14-20(16-8-10-17(26)11-9-16)21-22(33-14)27-15(2)28(25(21)32)12-5-13-29-23(30)18-6-3-4-7-19(18)24(29)31/h3-4,6-11H,5,12-13H2,1-2H3. The Bertz CT molecular complexity index is 1450. The number of hydrogen-bond acceptors (Lipinski definition) is 5. The number of aryl methyl sites for hydroxylation is 2. The smallest absolute Gasteiger partial charge is 0.262 e. The molecule has 0 radical (unpaired) electrons. The number of carbonyl (C=O) groups excluding carboxylic acids is 2. The zero-order valence-corrected chi connectivity index (χ0v) is 18.9. The molecule has 0 saturated carbocycles. The van der Waals surface area contributed by atoms with Gasteiger partial charge in [0.1, 0.15) is 16.5 Å². The minimum absolute atomic E-state index is 0.177. The first kappa shape index (κ1) is 21.2. The molecule has 8 heteroatoms. The first-order valence-corrected chi connectivity index (χ1v) is 11.4. The molecule has 1 aliphatic heterocycles. The number of amides is 2. The Morgan fingerprint density at radius 1 is 0.909 bits per heavy atom. The first-order valence-electron chi connectivity index (χ1n) is 10.6. The minimum Gasteiger partial charge on any atom is -0.296 e. The van der Waals surface area contributed by atoms with Crippen molar-refractivity contribution in [1.29, 1.82) is 0 Å². The van der Waals surface area contributed by atoms with Gasteiger partial charge in [-0.3, -0.25) is 23.9 Å². The van der Waals surface area contributed by atoms with E-state index in [2.05, 4.69) is 4.98 Å². The van der Waals surface area contributed by atoms with Gasteiger partial charge in [0.2, 0.25) is 0 Å². The van der Waals surface area contributed by atoms with E-state index in [1.807, 2.05) is 6.92 Å². The van der Waals surface area contributed by atoms with Gasteiger partial charge in [-0.25, -0.2) is 9.37 Å². The monoisotopic (exact) mass is 461 g/mol. The summed E-state index contributed by atoms with van der Waals surface area (Å²) in [5, 5.41) is 0.510. The highest BCUT2D eigenvalue weighted by Crippen LogP contribution is 2.35. The fraction of sp³-hybridized carbons (Fsp3) is 0.200. The fourth-order valence-electron chi connectivity index (χ4n) is 4.35. The van der Waals surface area contributed by atoms with E-state index in [1.165, 1.54) is 28.4 Å². The third-order valence-corrected chi connectivity index (χ3v) is 6.95. The summed E-state index contributed by atoms with van der Waals surface area (Å²) in [4.78, 5) is 46.1. The van der Waals surface area contributed by atoms with E-state index in [0.29, 0.717) is 40.1 Å². The van der Waals surface area contributed by atoms with E-state index in [-0.39, 0.29) is 29.7 Å². The number of imide groups is 1. The van der Waals surface area contributed by atoms with Gasteiger partial charge >= 0.3 is 0 Å². The third-order valence-electron chi connectivity index (χ3n) is 5.95. The van der Waals surface area contributed by atoms with Gasteiger partial charge in [-0.05, 0) is 50.1 Å². The fourth-order valence-corrected chi connectivity index (χ4v) is 5.43. The average Bonchev–Trinajstić information content (AvgIpc) is 3.25. The molecule has 0 unspecified atom stereocenters. The molecule has 2 amide bonds. The topological polar surface area (TPSA) is 72.3 Å². The average molecular weight is 462 g/mol. The van der Waals surface area contributed by atoms with Crippen molar-refractivity contribution < 1.29 is 14.0 Å². The highest BCUT2D eigenvalue weighted by atomic mass is 32.1. The summed E-state index contributed by atoms with van der Waals surface area (Å²) in [6.07, 6.45) is 0.425. The third kappa shape index (κ3) is 3.47. The van der Waals surface area contributed by atoms with Crippen LogP contribution in [0.2, 0.25) is 0 Å². The molecular weight excluding hydrogens is 441 g/mol. The molecule has 0 bridgehead atoms. The SMILES string of the molecule is Cc1sc2nc(C)n(CCCN3C(=O)c4ccccc4C3=O)c(=O)c2c1-c1ccc(F)cc1. The van der Waals surface area contributed by atoms with Crippen molar-refractivity contribution in [2.75, 3.05) is 6.54 Å². The Morgan fingerprint density at radius 3 is 2.18 bits per heavy atom. The van der Waals surface area contributed by atoms with E-state index in [4.69, 9.17) is 0 Å². The molecule has 0 aliphatic carbocycles. The van der Waals surface area contributed by atoms with E-state index in [1.54, 1.807) is 47.9 Å². The molecule has 0 N–H and O–H groups in total. The van der Waals surface area contributed by atoms with Crippen LogP contribution in [0.4, 0.5) is 4.39 Å². The molecule has 5 rings (SSSR count). The maximum absolute atomic E-state index is 13.5. The molecule has 2 aromatic carbocycles. The predicted molar refractivity (Wildman–Crippen MR) is 125 cm³/mol. The zero-order chi connectivity index (χ0) is 23.3. The number of thiophene rings is 1. The second-order valence-corrected chi connectivity index (χ2v) is 9.20. The minimum atomic E-state index is -0.338. The molecule has 3 heterocycles. The Labute approximate surface area is 192 Å². The van der Waals surface area contributed by atoms with Crippen molar-refractivity contribution in [3.8, 4) is 11.1 Å². The lowest BCUT2D eigenvalue weighted by atomic mass is 10.0. The van der Waals surface area contributed by atoms with Gasteiger partial charge < -0.3 is 0 Å². The summed E-state index contributed by atoms with van der Waals surface area (Å²) in [6, 6.07) is 12.8. The second-order valence-electron chi connectivity index (χ2n) is 8.00. The molecule has 0 fully saturated rings. The summed E-state index contributed by atoms with van der Waals surface area (Å²) >= 11 is 1.44. The van der Waals surface area contributed by atoms with Crippen LogP contribution in [0.25, 0.3) is 21.3 Å². The lowest BCUT2D eigenvalue weighted by Crippen LogP contribution is -2.32. The molecule has 1 aliphatic rings. The van der Waals surface area contributed by atoms with Gasteiger partial charge in [0.25, 0.3) is 17.4 Å². The number of nitrogens with zero attached hydrogens (tertiary/aromatic N) is 3. The maximum Gasteiger partial charge on any atom is 0.262 e. The second kappa shape index (κ2) is 8.04. The van der Waals surface area contributed by atoms with Crippen LogP contribution in [0.15, 0.2) is 53.3 Å². The molecule has 0 atom stereocenters. The zero-order valence-electron chi connectivity index (χ0n) is 18.1. The Morgan fingerprint density at radius 2 is 1.55 bits per heavy atom. The van der Waals surface area contributed by atoms with Gasteiger partial charge in [-0.1, -0.05) is 24.3 Å². The lowest BCUT2D eigenvalue weighted by Gasteiger charge is -2.15. The summed E-state index contributed by atoms with van der Waals surface area (Å²) in [7, 11) is 0. The van der Waals surface area contributed by atoms with Gasteiger partial charge in [-0.2, -0.15) is 0 Å². The van der Waals surface area contributed by atoms with Gasteiger partial charge in [0, 0.05) is 23.5 Å². The summed E-state index contributed by atoms with van der Waals surface area (Å²) in [6.45, 7) is 4.23. The maximum atomic E-state index is 13.5. The quantitative estimate of drug-likeness (QED) is 0.408. The molecule has 0 spiro atoms. The van der Waals surface area contributed by atoms with E-state index >= 15 is 0 Å². The normalized spacial score (nSPS) is 13.2. The van der Waals surface area contributed by atoms with Crippen molar-refractivity contribution in [3.05, 3.63) is 86.5 Å². The van der Waals surface area contributed by atoms with Crippen LogP contribution in [0.3, 0.4) is 0 Å². The molecule has 0 saturated heterocycles. The van der Waals surface area contributed by atoms with Crippen LogP contribution in [0.5, 0.6) is 0 Å². The number of rotatable bonds is 5. The van der Waals surface area contributed by atoms with E-state index < -0.39 is 0 Å². The Kier molecular flexibility index (Phi) is 5.17. The van der Waals surface area contributed by atoms with Crippen LogP contribution >= 0.6 is 11.3 Å². The van der Waals surface area contributed by atoms with Crippen LogP contribution < -0.4 is 5.56 Å². The summed E-state index contributed by atoms with van der Waals surface area (Å²) in [5.74, 6) is -0.377. The number of aromatic nitrogens is 2. The summed E-state index contributed by atoms with van der Waals surface area (Å²) < 4.78 is 15.0. The molecule has 2 aromatic heterocycles. The highest BCUT2D eigenvalue weighted by Gasteiger charge is 2.34. The summed E-state index contributed by atoms with van der Waals surface area (Å²) in [5.41, 5.74) is 2.18. The number of carbonyl (C=O) groups is 2. The number of hydrogen-bond donors (Lipinski definition) is 0. The Hall–Kier alpha value is -3.65. The molecular formula is C25H20FN3O3S. The molecule has 33 heavy (non-hydrogen) atoms. The van der Waals surface area contributed by atoms with E-state index in [9.17, 15) is 18.8 Å². The van der Waals surface area contributed by atoms with Crippen LogP contribution in [0, 0.1) is 19.7 Å². The van der Waals surface area contributed by atoms with Crippen molar-refractivity contribution in [2.45, 2.75) is 26.8 Å². The van der Waals surface area contributed by atoms with Gasteiger partial charge in [-0.15, -0.1) is 11.3 Å². The first-order chi connectivity index (χ1) is 15.9. The van der Waals surface area contributed by atoms with Gasteiger partial charge in [0.05, 0.1) is 16.5 Å². The molecule has 166 valence electrons. The van der Waals surface area contributed by atoms with Gasteiger partial charge in [0.15, 0.2) is 0 Å².